The van der Waals surface area contributed by atoms with Gasteiger partial charge in [-0.05, 0) is 37.5 Å². The quantitative estimate of drug-likeness (QED) is 0.773. The Morgan fingerprint density at radius 2 is 1.96 bits per heavy atom. The Morgan fingerprint density at radius 3 is 2.62 bits per heavy atom. The van der Waals surface area contributed by atoms with E-state index in [1.165, 1.54) is 25.3 Å². The molecule has 0 spiro atoms. The van der Waals surface area contributed by atoms with Crippen molar-refractivity contribution < 1.29 is 22.3 Å². The van der Waals surface area contributed by atoms with Crippen molar-refractivity contribution >= 4 is 27.5 Å². The number of sulfonamides is 1. The summed E-state index contributed by atoms with van der Waals surface area (Å²) < 4.78 is 46.5. The molecule has 0 saturated carbocycles. The molecule has 144 valence electrons. The van der Waals surface area contributed by atoms with Crippen LogP contribution >= 0.6 is 11.6 Å². The molecule has 1 aromatic carbocycles. The maximum absolute atomic E-state index is 14.1. The number of nitrogens with zero attached hydrogens (tertiary/aromatic N) is 2. The van der Waals surface area contributed by atoms with E-state index in [9.17, 15) is 17.6 Å². The number of alkyl halides is 1. The van der Waals surface area contributed by atoms with Gasteiger partial charge in [0.05, 0.1) is 7.11 Å². The lowest BCUT2D eigenvalue weighted by Gasteiger charge is -2.32. The molecule has 2 aliphatic heterocycles. The molecule has 0 aliphatic carbocycles. The third-order valence-corrected chi connectivity index (χ3v) is 7.00. The van der Waals surface area contributed by atoms with Crippen LogP contribution in [0.5, 0.6) is 5.75 Å². The molecule has 1 amide bonds. The molecular weight excluding hydrogens is 383 g/mol. The van der Waals surface area contributed by atoms with Crippen LogP contribution in [0.2, 0.25) is 5.02 Å². The standard InChI is InChI=1S/C17H22ClFN2O4S/c1-25-15-6-5-12(18)9-16(15)26(23,24)21-11-13(19)10-14(21)17(22)20-7-3-2-4-8-20/h5-6,9,13-14H,2-4,7-8,10-11H2,1H3/t13-,14-/m0/s1. The minimum absolute atomic E-state index is 0.112. The number of likely N-dealkylation sites (tertiary alicyclic amines) is 1. The fraction of sp³-hybridized carbons (Fsp3) is 0.588. The van der Waals surface area contributed by atoms with Crippen LogP contribution in [0.15, 0.2) is 23.1 Å². The fourth-order valence-corrected chi connectivity index (χ4v) is 5.59. The average molecular weight is 405 g/mol. The van der Waals surface area contributed by atoms with Gasteiger partial charge in [0, 0.05) is 31.1 Å². The second kappa shape index (κ2) is 7.70. The van der Waals surface area contributed by atoms with Crippen LogP contribution in [0, 0.1) is 0 Å². The summed E-state index contributed by atoms with van der Waals surface area (Å²) in [6.07, 6.45) is 1.30. The number of ether oxygens (including phenoxy) is 1. The number of hydrogen-bond acceptors (Lipinski definition) is 4. The maximum atomic E-state index is 14.1. The van der Waals surface area contributed by atoms with Gasteiger partial charge in [0.15, 0.2) is 0 Å². The monoisotopic (exact) mass is 404 g/mol. The zero-order valence-corrected chi connectivity index (χ0v) is 16.1. The number of hydrogen-bond donors (Lipinski definition) is 0. The third kappa shape index (κ3) is 3.68. The van der Waals surface area contributed by atoms with E-state index in [4.69, 9.17) is 16.3 Å². The highest BCUT2D eigenvalue weighted by molar-refractivity contribution is 7.89. The number of benzene rings is 1. The second-order valence-electron chi connectivity index (χ2n) is 6.60. The molecule has 2 saturated heterocycles. The highest BCUT2D eigenvalue weighted by Gasteiger charge is 2.46. The minimum atomic E-state index is -4.13. The van der Waals surface area contributed by atoms with E-state index < -0.39 is 22.2 Å². The lowest BCUT2D eigenvalue weighted by atomic mass is 10.1. The number of halogens is 2. The molecule has 2 heterocycles. The zero-order valence-electron chi connectivity index (χ0n) is 14.5. The molecule has 6 nitrogen and oxygen atoms in total. The van der Waals surface area contributed by atoms with Gasteiger partial charge >= 0.3 is 0 Å². The van der Waals surface area contributed by atoms with Crippen molar-refractivity contribution in [3.05, 3.63) is 23.2 Å². The smallest absolute Gasteiger partial charge is 0.247 e. The van der Waals surface area contributed by atoms with Gasteiger partial charge in [-0.1, -0.05) is 11.6 Å². The number of carbonyl (C=O) groups excluding carboxylic acids is 1. The van der Waals surface area contributed by atoms with Gasteiger partial charge in [0.1, 0.15) is 22.9 Å². The largest absolute Gasteiger partial charge is 0.495 e. The summed E-state index contributed by atoms with van der Waals surface area (Å²) in [4.78, 5) is 14.3. The van der Waals surface area contributed by atoms with Crippen LogP contribution in [0.25, 0.3) is 0 Å². The molecule has 2 aliphatic rings. The van der Waals surface area contributed by atoms with Gasteiger partial charge in [-0.3, -0.25) is 4.79 Å². The van der Waals surface area contributed by atoms with E-state index in [0.717, 1.165) is 23.6 Å². The Hall–Kier alpha value is -1.38. The second-order valence-corrected chi connectivity index (χ2v) is 8.90. The van der Waals surface area contributed by atoms with Crippen molar-refractivity contribution in [2.24, 2.45) is 0 Å². The lowest BCUT2D eigenvalue weighted by molar-refractivity contribution is -0.135. The molecule has 0 N–H and O–H groups in total. The first-order chi connectivity index (χ1) is 12.3. The summed E-state index contributed by atoms with van der Waals surface area (Å²) in [6.45, 7) is 0.823. The van der Waals surface area contributed by atoms with Gasteiger partial charge in [0.2, 0.25) is 15.9 Å². The molecule has 0 unspecified atom stereocenters. The highest BCUT2D eigenvalue weighted by Crippen LogP contribution is 2.34. The van der Waals surface area contributed by atoms with E-state index in [1.807, 2.05) is 0 Å². The minimum Gasteiger partial charge on any atom is -0.495 e. The number of rotatable bonds is 4. The molecular formula is C17H22ClFN2O4S. The topological polar surface area (TPSA) is 66.9 Å². The predicted octanol–water partition coefficient (Wildman–Crippen LogP) is 2.46. The summed E-state index contributed by atoms with van der Waals surface area (Å²) in [5, 5.41) is 0.222. The van der Waals surface area contributed by atoms with E-state index in [-0.39, 0.29) is 34.5 Å². The highest BCUT2D eigenvalue weighted by atomic mass is 35.5. The molecule has 2 atom stereocenters. The molecule has 2 fully saturated rings. The third-order valence-electron chi connectivity index (χ3n) is 4.87. The van der Waals surface area contributed by atoms with Crippen LogP contribution in [0.3, 0.4) is 0 Å². The van der Waals surface area contributed by atoms with Crippen LogP contribution < -0.4 is 4.74 Å². The molecule has 0 radical (unpaired) electrons. The molecule has 0 bridgehead atoms. The zero-order chi connectivity index (χ0) is 18.9. The van der Waals surface area contributed by atoms with Crippen LogP contribution in [-0.4, -0.2) is 62.5 Å². The Labute approximate surface area is 157 Å². The predicted molar refractivity (Wildman–Crippen MR) is 95.6 cm³/mol. The number of piperidine rings is 1. The molecule has 0 aromatic heterocycles. The Balaban J connectivity index is 1.94. The lowest BCUT2D eigenvalue weighted by Crippen LogP contribution is -2.49. The van der Waals surface area contributed by atoms with Crippen molar-refractivity contribution in [3.63, 3.8) is 0 Å². The molecule has 9 heteroatoms. The molecule has 3 rings (SSSR count). The summed E-state index contributed by atoms with van der Waals surface area (Å²) in [7, 11) is -2.79. The number of amides is 1. The van der Waals surface area contributed by atoms with E-state index in [2.05, 4.69) is 0 Å². The molecule has 26 heavy (non-hydrogen) atoms. The first-order valence-electron chi connectivity index (χ1n) is 8.63. The van der Waals surface area contributed by atoms with Gasteiger partial charge in [-0.15, -0.1) is 0 Å². The Kier molecular flexibility index (Phi) is 5.74. The van der Waals surface area contributed by atoms with Gasteiger partial charge in [0.25, 0.3) is 0 Å². The van der Waals surface area contributed by atoms with Crippen molar-refractivity contribution in [2.45, 2.75) is 42.8 Å². The van der Waals surface area contributed by atoms with Crippen LogP contribution in [-0.2, 0) is 14.8 Å². The van der Waals surface area contributed by atoms with Gasteiger partial charge in [-0.25, -0.2) is 12.8 Å². The summed E-state index contributed by atoms with van der Waals surface area (Å²) >= 11 is 5.95. The fourth-order valence-electron chi connectivity index (χ4n) is 3.55. The first kappa shape index (κ1) is 19.4. The number of carbonyl (C=O) groups is 1. The normalized spacial score (nSPS) is 24.7. The van der Waals surface area contributed by atoms with E-state index in [0.29, 0.717) is 13.1 Å². The average Bonchev–Trinajstić information content (AvgIpc) is 3.04. The molecule has 1 aromatic rings. The van der Waals surface area contributed by atoms with Crippen LogP contribution in [0.4, 0.5) is 4.39 Å². The van der Waals surface area contributed by atoms with Crippen LogP contribution in [0.1, 0.15) is 25.7 Å². The Bertz CT molecular complexity index is 783. The van der Waals surface area contributed by atoms with Crippen molar-refractivity contribution in [1.29, 1.82) is 0 Å². The van der Waals surface area contributed by atoms with Crippen molar-refractivity contribution in [1.82, 2.24) is 9.21 Å². The Morgan fingerprint density at radius 1 is 1.27 bits per heavy atom. The van der Waals surface area contributed by atoms with Crippen molar-refractivity contribution in [3.8, 4) is 5.75 Å². The summed E-state index contributed by atoms with van der Waals surface area (Å²) in [5.74, 6) is -0.213. The van der Waals surface area contributed by atoms with Gasteiger partial charge < -0.3 is 9.64 Å². The number of methoxy groups -OCH3 is 1. The van der Waals surface area contributed by atoms with E-state index >= 15 is 0 Å². The summed E-state index contributed by atoms with van der Waals surface area (Å²) in [5.41, 5.74) is 0. The van der Waals surface area contributed by atoms with E-state index in [1.54, 1.807) is 4.90 Å². The SMILES string of the molecule is COc1ccc(Cl)cc1S(=O)(=O)N1C[C@@H](F)C[C@H]1C(=O)N1CCCCC1. The first-order valence-corrected chi connectivity index (χ1v) is 10.4. The van der Waals surface area contributed by atoms with Crippen molar-refractivity contribution in [2.75, 3.05) is 26.7 Å². The van der Waals surface area contributed by atoms with Gasteiger partial charge in [-0.2, -0.15) is 4.31 Å². The maximum Gasteiger partial charge on any atom is 0.247 e. The summed E-state index contributed by atoms with van der Waals surface area (Å²) in [6, 6.07) is 3.19.